The van der Waals surface area contributed by atoms with E-state index in [2.05, 4.69) is 5.32 Å². The number of ether oxygens (including phenoxy) is 2. The molecule has 0 saturated carbocycles. The zero-order chi connectivity index (χ0) is 23.1. The minimum Gasteiger partial charge on any atom is -0.491 e. The Morgan fingerprint density at radius 2 is 1.78 bits per heavy atom. The van der Waals surface area contributed by atoms with Crippen LogP contribution in [0.5, 0.6) is 5.75 Å². The molecule has 7 heteroatoms. The molecule has 1 aromatic heterocycles. The fourth-order valence-corrected chi connectivity index (χ4v) is 3.94. The van der Waals surface area contributed by atoms with E-state index in [1.165, 1.54) is 24.5 Å². The first-order valence-electron chi connectivity index (χ1n) is 9.88. The fourth-order valence-electron chi connectivity index (χ4n) is 2.99. The molecule has 0 atom stereocenters. The molecule has 0 aliphatic heterocycles. The summed E-state index contributed by atoms with van der Waals surface area (Å²) in [6.07, 6.45) is 1.53. The number of anilines is 1. The molecule has 0 fully saturated rings. The third-order valence-corrected chi connectivity index (χ3v) is 5.32. The van der Waals surface area contributed by atoms with Gasteiger partial charge < -0.3 is 14.8 Å². The number of hydrogen-bond donors (Lipinski definition) is 1. The number of amides is 1. The van der Waals surface area contributed by atoms with Crippen molar-refractivity contribution in [3.8, 4) is 22.9 Å². The maximum absolute atomic E-state index is 12.8. The number of methoxy groups -OCH3 is 1. The van der Waals surface area contributed by atoms with Crippen LogP contribution in [0.2, 0.25) is 0 Å². The van der Waals surface area contributed by atoms with Crippen LogP contribution in [-0.2, 0) is 9.53 Å². The monoisotopic (exact) mass is 446 g/mol. The van der Waals surface area contributed by atoms with Crippen LogP contribution in [0.25, 0.3) is 17.2 Å². The topological polar surface area (TPSA) is 88.4 Å². The third-order valence-electron chi connectivity index (χ3n) is 4.42. The van der Waals surface area contributed by atoms with Gasteiger partial charge in [-0.3, -0.25) is 4.79 Å². The maximum Gasteiger partial charge on any atom is 0.341 e. The Balaban J connectivity index is 1.87. The zero-order valence-corrected chi connectivity index (χ0v) is 18.7. The van der Waals surface area contributed by atoms with Gasteiger partial charge in [0.2, 0.25) is 0 Å². The van der Waals surface area contributed by atoms with E-state index >= 15 is 0 Å². The van der Waals surface area contributed by atoms with Crippen molar-refractivity contribution in [2.45, 2.75) is 20.0 Å². The summed E-state index contributed by atoms with van der Waals surface area (Å²) in [5, 5.41) is 14.3. The van der Waals surface area contributed by atoms with Crippen LogP contribution >= 0.6 is 11.3 Å². The molecular weight excluding hydrogens is 424 g/mol. The second kappa shape index (κ2) is 10.4. The first-order chi connectivity index (χ1) is 15.4. The van der Waals surface area contributed by atoms with E-state index in [1.807, 2.05) is 50.2 Å². The summed E-state index contributed by atoms with van der Waals surface area (Å²) >= 11 is 1.20. The number of hydrogen-bond acceptors (Lipinski definition) is 6. The fraction of sp³-hybridized carbons (Fsp3) is 0.160. The van der Waals surface area contributed by atoms with Crippen molar-refractivity contribution in [1.29, 1.82) is 5.26 Å². The number of nitrogens with zero attached hydrogens (tertiary/aromatic N) is 1. The third kappa shape index (κ3) is 5.42. The van der Waals surface area contributed by atoms with E-state index < -0.39 is 11.9 Å². The Morgan fingerprint density at radius 1 is 1.09 bits per heavy atom. The Kier molecular flexibility index (Phi) is 7.42. The van der Waals surface area contributed by atoms with Crippen molar-refractivity contribution in [2.75, 3.05) is 12.4 Å². The molecule has 3 aromatic rings. The summed E-state index contributed by atoms with van der Waals surface area (Å²) in [6.45, 7) is 3.87. The van der Waals surface area contributed by atoms with Gasteiger partial charge >= 0.3 is 5.97 Å². The molecule has 32 heavy (non-hydrogen) atoms. The number of carbonyl (C=O) groups is 2. The Morgan fingerprint density at radius 3 is 2.38 bits per heavy atom. The van der Waals surface area contributed by atoms with Crippen LogP contribution in [0.1, 0.15) is 29.8 Å². The molecule has 0 saturated heterocycles. The number of nitrogens with one attached hydrogen (secondary N) is 1. The van der Waals surface area contributed by atoms with Crippen LogP contribution in [0, 0.1) is 11.3 Å². The van der Waals surface area contributed by atoms with Gasteiger partial charge in [0, 0.05) is 10.9 Å². The lowest BCUT2D eigenvalue weighted by Crippen LogP contribution is -2.15. The van der Waals surface area contributed by atoms with Crippen LogP contribution < -0.4 is 10.1 Å². The van der Waals surface area contributed by atoms with Gasteiger partial charge in [0.1, 0.15) is 28.0 Å². The number of esters is 1. The number of benzene rings is 2. The SMILES string of the molecule is COC(=O)c1c(-c2ccccc2)csc1NC(=O)/C(C#N)=C/c1ccc(OC(C)C)cc1. The molecule has 1 amide bonds. The van der Waals surface area contributed by atoms with Crippen LogP contribution in [-0.4, -0.2) is 25.1 Å². The smallest absolute Gasteiger partial charge is 0.341 e. The Labute approximate surface area is 190 Å². The molecule has 0 spiro atoms. The summed E-state index contributed by atoms with van der Waals surface area (Å²) in [5.41, 5.74) is 2.32. The molecule has 162 valence electrons. The largest absolute Gasteiger partial charge is 0.491 e. The zero-order valence-electron chi connectivity index (χ0n) is 17.9. The highest BCUT2D eigenvalue weighted by Crippen LogP contribution is 2.36. The number of rotatable bonds is 7. The molecule has 0 aliphatic rings. The van der Waals surface area contributed by atoms with Crippen LogP contribution in [0.3, 0.4) is 0 Å². The molecule has 0 aliphatic carbocycles. The molecule has 1 N–H and O–H groups in total. The minimum atomic E-state index is -0.610. The van der Waals surface area contributed by atoms with Crippen LogP contribution in [0.4, 0.5) is 5.00 Å². The van der Waals surface area contributed by atoms with Crippen molar-refractivity contribution in [3.63, 3.8) is 0 Å². The second-order valence-corrected chi connectivity index (χ2v) is 7.95. The van der Waals surface area contributed by atoms with Gasteiger partial charge in [0.25, 0.3) is 5.91 Å². The maximum atomic E-state index is 12.8. The van der Waals surface area contributed by atoms with Gasteiger partial charge in [-0.2, -0.15) is 5.26 Å². The number of thiophene rings is 1. The average Bonchev–Trinajstić information content (AvgIpc) is 3.21. The van der Waals surface area contributed by atoms with Crippen molar-refractivity contribution >= 4 is 34.3 Å². The molecule has 1 heterocycles. The van der Waals surface area contributed by atoms with Gasteiger partial charge in [-0.05, 0) is 43.2 Å². The van der Waals surface area contributed by atoms with Gasteiger partial charge in [0.15, 0.2) is 0 Å². The minimum absolute atomic E-state index is 0.0485. The van der Waals surface area contributed by atoms with E-state index in [1.54, 1.807) is 29.6 Å². The van der Waals surface area contributed by atoms with Gasteiger partial charge in [-0.15, -0.1) is 11.3 Å². The lowest BCUT2D eigenvalue weighted by molar-refractivity contribution is -0.112. The molecular formula is C25H22N2O4S. The summed E-state index contributed by atoms with van der Waals surface area (Å²) in [7, 11) is 1.29. The number of carbonyl (C=O) groups excluding carboxylic acids is 2. The van der Waals surface area contributed by atoms with E-state index in [0.717, 1.165) is 5.56 Å². The van der Waals surface area contributed by atoms with E-state index in [4.69, 9.17) is 9.47 Å². The van der Waals surface area contributed by atoms with Gasteiger partial charge in [0.05, 0.1) is 13.2 Å². The molecule has 2 aromatic carbocycles. The van der Waals surface area contributed by atoms with Crippen molar-refractivity contribution in [2.24, 2.45) is 0 Å². The Bertz CT molecular complexity index is 1170. The summed E-state index contributed by atoms with van der Waals surface area (Å²) < 4.78 is 10.5. The summed E-state index contributed by atoms with van der Waals surface area (Å²) in [5.74, 6) is -0.472. The predicted octanol–water partition coefficient (Wildman–Crippen LogP) is 5.53. The lowest BCUT2D eigenvalue weighted by Gasteiger charge is -2.09. The highest BCUT2D eigenvalue weighted by Gasteiger charge is 2.23. The molecule has 3 rings (SSSR count). The first kappa shape index (κ1) is 22.8. The molecule has 0 radical (unpaired) electrons. The van der Waals surface area contributed by atoms with Crippen molar-refractivity contribution in [1.82, 2.24) is 0 Å². The van der Waals surface area contributed by atoms with E-state index in [9.17, 15) is 14.9 Å². The van der Waals surface area contributed by atoms with Gasteiger partial charge in [-0.25, -0.2) is 4.79 Å². The standard InChI is InChI=1S/C25H22N2O4S/c1-16(2)31-20-11-9-17(10-12-20)13-19(14-26)23(28)27-24-22(25(29)30-3)21(15-32-24)18-7-5-4-6-8-18/h4-13,15-16H,1-3H3,(H,27,28)/b19-13+. The highest BCUT2D eigenvalue weighted by atomic mass is 32.1. The van der Waals surface area contributed by atoms with E-state index in [0.29, 0.717) is 21.9 Å². The average molecular weight is 447 g/mol. The number of nitriles is 1. The lowest BCUT2D eigenvalue weighted by atomic mass is 10.0. The summed E-state index contributed by atoms with van der Waals surface area (Å²) in [4.78, 5) is 25.2. The van der Waals surface area contributed by atoms with Crippen LogP contribution in [0.15, 0.2) is 65.6 Å². The van der Waals surface area contributed by atoms with Crippen molar-refractivity contribution < 1.29 is 19.1 Å². The predicted molar refractivity (Wildman–Crippen MR) is 126 cm³/mol. The quantitative estimate of drug-likeness (QED) is 0.293. The molecule has 0 bridgehead atoms. The van der Waals surface area contributed by atoms with Gasteiger partial charge in [-0.1, -0.05) is 42.5 Å². The van der Waals surface area contributed by atoms with Crippen molar-refractivity contribution in [3.05, 3.63) is 76.7 Å². The second-order valence-electron chi connectivity index (χ2n) is 7.07. The van der Waals surface area contributed by atoms with E-state index in [-0.39, 0.29) is 17.2 Å². The normalized spacial score (nSPS) is 11.0. The molecule has 0 unspecified atom stereocenters. The first-order valence-corrected chi connectivity index (χ1v) is 10.8. The Hall–Kier alpha value is -3.89. The summed E-state index contributed by atoms with van der Waals surface area (Å²) in [6, 6.07) is 18.3. The highest BCUT2D eigenvalue weighted by molar-refractivity contribution is 7.15. The molecule has 6 nitrogen and oxygen atoms in total.